The lowest BCUT2D eigenvalue weighted by molar-refractivity contribution is -0.109. The van der Waals surface area contributed by atoms with Gasteiger partial charge in [0.15, 0.2) is 0 Å². The molecule has 0 aromatic carbocycles. The number of carboxylic acid groups (broad SMARTS) is 1. The fourth-order valence-corrected chi connectivity index (χ4v) is 4.49. The molecule has 0 saturated heterocycles. The Morgan fingerprint density at radius 3 is 2.68 bits per heavy atom. The second-order valence-electron chi connectivity index (χ2n) is 8.42. The van der Waals surface area contributed by atoms with Gasteiger partial charge in [0.25, 0.3) is 0 Å². The van der Waals surface area contributed by atoms with Crippen molar-refractivity contribution in [2.45, 2.75) is 57.0 Å². The molecular weight excluding hydrogens is 420 g/mol. The summed E-state index contributed by atoms with van der Waals surface area (Å²) in [6, 6.07) is -0.000179. The third kappa shape index (κ3) is 4.98. The molecule has 2 saturated carbocycles. The summed E-state index contributed by atoms with van der Waals surface area (Å²) in [5.41, 5.74) is 2.76. The summed E-state index contributed by atoms with van der Waals surface area (Å²) in [6.07, 6.45) is 9.41. The van der Waals surface area contributed by atoms with Crippen LogP contribution in [0.3, 0.4) is 0 Å². The zero-order valence-corrected chi connectivity index (χ0v) is 18.3. The molecule has 2 N–H and O–H groups in total. The second kappa shape index (κ2) is 9.21. The topological polar surface area (TPSA) is 113 Å². The van der Waals surface area contributed by atoms with Crippen LogP contribution in [0.25, 0.3) is 11.3 Å². The highest BCUT2D eigenvalue weighted by Gasteiger charge is 2.29. The minimum atomic E-state index is -1.05. The molecule has 2 heterocycles. The molecule has 0 bridgehead atoms. The summed E-state index contributed by atoms with van der Waals surface area (Å²) in [7, 11) is 1.94. The van der Waals surface area contributed by atoms with E-state index in [2.05, 4.69) is 15.4 Å². The minimum Gasteiger partial charge on any atom is -0.465 e. The molecular formula is C21H27ClN6O3. The molecule has 10 heteroatoms. The average molecular weight is 447 g/mol. The summed E-state index contributed by atoms with van der Waals surface area (Å²) in [4.78, 5) is 32.4. The molecule has 1 amide bonds. The molecule has 0 aliphatic heterocycles. The molecule has 31 heavy (non-hydrogen) atoms. The van der Waals surface area contributed by atoms with E-state index in [1.807, 2.05) is 17.9 Å². The first-order chi connectivity index (χ1) is 15.0. The van der Waals surface area contributed by atoms with Gasteiger partial charge in [-0.15, -0.1) is 0 Å². The van der Waals surface area contributed by atoms with Crippen LogP contribution in [-0.4, -0.2) is 60.8 Å². The lowest BCUT2D eigenvalue weighted by atomic mass is 9.90. The van der Waals surface area contributed by atoms with Gasteiger partial charge in [-0.25, -0.2) is 14.8 Å². The molecule has 2 aromatic heterocycles. The summed E-state index contributed by atoms with van der Waals surface area (Å²) >= 11 is 6.44. The van der Waals surface area contributed by atoms with E-state index in [9.17, 15) is 14.7 Å². The van der Waals surface area contributed by atoms with Crippen molar-refractivity contribution in [3.05, 3.63) is 23.1 Å². The Bertz CT molecular complexity index is 953. The van der Waals surface area contributed by atoms with Gasteiger partial charge in [-0.3, -0.25) is 9.58 Å². The monoisotopic (exact) mass is 446 g/mol. The van der Waals surface area contributed by atoms with E-state index in [4.69, 9.17) is 16.6 Å². The number of hydrogen-bond donors (Lipinski definition) is 2. The predicted octanol–water partition coefficient (Wildman–Crippen LogP) is 3.39. The average Bonchev–Trinajstić information content (AvgIpc) is 3.51. The number of halogens is 1. The minimum absolute atomic E-state index is 0.0872. The third-order valence-electron chi connectivity index (χ3n) is 6.23. The van der Waals surface area contributed by atoms with E-state index in [-0.39, 0.29) is 18.6 Å². The van der Waals surface area contributed by atoms with Crippen LogP contribution in [0.15, 0.2) is 12.4 Å². The Morgan fingerprint density at radius 2 is 2.03 bits per heavy atom. The Labute approximate surface area is 185 Å². The molecule has 166 valence electrons. The Hall–Kier alpha value is -2.68. The van der Waals surface area contributed by atoms with Gasteiger partial charge in [0.1, 0.15) is 6.29 Å². The van der Waals surface area contributed by atoms with E-state index in [0.29, 0.717) is 41.7 Å². The van der Waals surface area contributed by atoms with Crippen LogP contribution in [0, 0.1) is 5.92 Å². The number of hydrogen-bond acceptors (Lipinski definition) is 6. The van der Waals surface area contributed by atoms with Crippen LogP contribution >= 0.6 is 11.6 Å². The van der Waals surface area contributed by atoms with E-state index in [1.165, 1.54) is 17.7 Å². The van der Waals surface area contributed by atoms with Gasteiger partial charge in [0.05, 0.1) is 29.7 Å². The summed E-state index contributed by atoms with van der Waals surface area (Å²) in [5.74, 6) is 1.22. The van der Waals surface area contributed by atoms with Crippen molar-refractivity contribution in [2.24, 2.45) is 13.0 Å². The fraction of sp³-hybridized carbons (Fsp3) is 0.571. The molecule has 0 atom stereocenters. The van der Waals surface area contributed by atoms with Crippen molar-refractivity contribution in [3.63, 3.8) is 0 Å². The van der Waals surface area contributed by atoms with Crippen LogP contribution in [0.5, 0.6) is 0 Å². The molecule has 0 unspecified atom stereocenters. The van der Waals surface area contributed by atoms with Gasteiger partial charge in [0.2, 0.25) is 5.95 Å². The molecule has 2 aromatic rings. The predicted molar refractivity (Wildman–Crippen MR) is 116 cm³/mol. The number of rotatable bonds is 8. The lowest BCUT2D eigenvalue weighted by Gasteiger charge is -2.34. The van der Waals surface area contributed by atoms with Crippen molar-refractivity contribution in [1.82, 2.24) is 24.6 Å². The van der Waals surface area contributed by atoms with E-state index < -0.39 is 6.09 Å². The maximum Gasteiger partial charge on any atom is 0.407 e. The molecule has 9 nitrogen and oxygen atoms in total. The quantitative estimate of drug-likeness (QED) is 0.597. The largest absolute Gasteiger partial charge is 0.465 e. The number of nitrogens with zero attached hydrogens (tertiary/aromatic N) is 5. The Kier molecular flexibility index (Phi) is 6.41. The van der Waals surface area contributed by atoms with E-state index >= 15 is 0 Å². The first-order valence-corrected chi connectivity index (χ1v) is 11.1. The lowest BCUT2D eigenvalue weighted by Crippen LogP contribution is -2.44. The van der Waals surface area contributed by atoms with Crippen molar-refractivity contribution >= 4 is 29.9 Å². The van der Waals surface area contributed by atoms with E-state index in [1.54, 1.807) is 6.20 Å². The number of aromatic nitrogens is 4. The zero-order chi connectivity index (χ0) is 22.0. The normalized spacial score (nSPS) is 21.0. The maximum atomic E-state index is 11.4. The van der Waals surface area contributed by atoms with Gasteiger partial charge >= 0.3 is 6.09 Å². The van der Waals surface area contributed by atoms with Crippen molar-refractivity contribution in [2.75, 3.05) is 11.9 Å². The smallest absolute Gasteiger partial charge is 0.407 e. The zero-order valence-electron chi connectivity index (χ0n) is 17.5. The fourth-order valence-electron chi connectivity index (χ4n) is 4.30. The van der Waals surface area contributed by atoms with Crippen molar-refractivity contribution < 1.29 is 14.7 Å². The van der Waals surface area contributed by atoms with Crippen molar-refractivity contribution in [1.29, 1.82) is 0 Å². The molecule has 2 aliphatic carbocycles. The number of aryl methyl sites for hydroxylation is 1. The summed E-state index contributed by atoms with van der Waals surface area (Å²) in [6.45, 7) is -0.0872. The Balaban J connectivity index is 1.44. The first kappa shape index (κ1) is 21.5. The maximum absolute atomic E-state index is 11.4. The van der Waals surface area contributed by atoms with Gasteiger partial charge in [0, 0.05) is 30.4 Å². The highest BCUT2D eigenvalue weighted by atomic mass is 35.5. The number of carbonyl (C=O) groups is 2. The highest BCUT2D eigenvalue weighted by Crippen LogP contribution is 2.37. The number of amides is 1. The molecule has 0 radical (unpaired) electrons. The standard InChI is InChI=1S/C21H27ClN6O3/c1-27-18(10-13-2-3-13)16(11-24-27)19-17(22)12-23-20(26-19)25-14-4-6-15(7-5-14)28(8-9-29)21(30)31/h9,11-15H,2-8,10H2,1H3,(H,30,31)(H,23,25,26). The van der Waals surface area contributed by atoms with Gasteiger partial charge in [-0.2, -0.15) is 5.10 Å². The van der Waals surface area contributed by atoms with Crippen LogP contribution in [0.4, 0.5) is 10.7 Å². The van der Waals surface area contributed by atoms with Gasteiger partial charge in [-0.05, 0) is 50.9 Å². The highest BCUT2D eigenvalue weighted by molar-refractivity contribution is 6.32. The number of aldehydes is 1. The van der Waals surface area contributed by atoms with E-state index in [0.717, 1.165) is 30.5 Å². The van der Waals surface area contributed by atoms with Crippen molar-refractivity contribution in [3.8, 4) is 11.3 Å². The molecule has 0 spiro atoms. The van der Waals surface area contributed by atoms with Crippen LogP contribution in [-0.2, 0) is 18.3 Å². The summed E-state index contributed by atoms with van der Waals surface area (Å²) in [5, 5.41) is 17.6. The molecule has 2 aliphatic rings. The second-order valence-corrected chi connectivity index (χ2v) is 8.82. The first-order valence-electron chi connectivity index (χ1n) is 10.7. The molecule has 4 rings (SSSR count). The SMILES string of the molecule is Cn1ncc(-c2nc(NC3CCC(N(CC=O)C(=O)O)CC3)ncc2Cl)c1CC1CC1. The summed E-state index contributed by atoms with van der Waals surface area (Å²) < 4.78 is 1.90. The number of anilines is 1. The Morgan fingerprint density at radius 1 is 1.29 bits per heavy atom. The van der Waals surface area contributed by atoms with Crippen LogP contribution < -0.4 is 5.32 Å². The van der Waals surface area contributed by atoms with Crippen LogP contribution in [0.1, 0.15) is 44.2 Å². The third-order valence-corrected chi connectivity index (χ3v) is 6.50. The van der Waals surface area contributed by atoms with Gasteiger partial charge < -0.3 is 15.2 Å². The number of nitrogens with one attached hydrogen (secondary N) is 1. The van der Waals surface area contributed by atoms with Crippen LogP contribution in [0.2, 0.25) is 5.02 Å². The molecule has 2 fully saturated rings. The van der Waals surface area contributed by atoms with Gasteiger partial charge in [-0.1, -0.05) is 11.6 Å². The number of carbonyl (C=O) groups excluding carboxylic acids is 1.